The highest BCUT2D eigenvalue weighted by molar-refractivity contribution is 9.10. The van der Waals surface area contributed by atoms with Crippen molar-refractivity contribution in [3.8, 4) is 0 Å². The fourth-order valence-corrected chi connectivity index (χ4v) is 2.67. The van der Waals surface area contributed by atoms with Crippen LogP contribution in [0, 0.1) is 0 Å². The molecule has 0 saturated carbocycles. The quantitative estimate of drug-likeness (QED) is 0.248. The Morgan fingerprint density at radius 1 is 0.611 bits per heavy atom. The van der Waals surface area contributed by atoms with E-state index in [-0.39, 0.29) is 0 Å². The zero-order chi connectivity index (χ0) is 13.7. The summed E-state index contributed by atoms with van der Waals surface area (Å²) in [5.41, 5.74) is 0. The average molecular weight is 319 g/mol. The van der Waals surface area contributed by atoms with Gasteiger partial charge in [0.25, 0.3) is 0 Å². The summed E-state index contributed by atoms with van der Waals surface area (Å²) < 4.78 is 0.353. The molecule has 0 N–H and O–H groups in total. The summed E-state index contributed by atoms with van der Waals surface area (Å²) in [4.78, 5) is 0. The molecule has 0 nitrogen and oxygen atoms in total. The van der Waals surface area contributed by atoms with Gasteiger partial charge in [-0.05, 0) is 6.42 Å². The summed E-state index contributed by atoms with van der Waals surface area (Å²) in [6, 6.07) is 0. The van der Waals surface area contributed by atoms with Gasteiger partial charge in [0, 0.05) is 4.32 Å². The van der Waals surface area contributed by atoms with Crippen LogP contribution < -0.4 is 0 Å². The molecule has 1 heteroatoms. The normalized spacial score (nSPS) is 12.0. The fourth-order valence-electron chi connectivity index (χ4n) is 2.39. The Balaban J connectivity index is 2.99. The second kappa shape index (κ2) is 12.5. The Hall–Kier alpha value is 0.480. The van der Waals surface area contributed by atoms with E-state index >= 15 is 0 Å². The molecule has 0 rings (SSSR count). The maximum Gasteiger partial charge on any atom is 0.0201 e. The van der Waals surface area contributed by atoms with Crippen molar-refractivity contribution < 1.29 is 0 Å². The molecule has 0 radical (unpaired) electrons. The summed E-state index contributed by atoms with van der Waals surface area (Å²) in [6.07, 6.45) is 18.6. The molecule has 18 heavy (non-hydrogen) atoms. The van der Waals surface area contributed by atoms with Gasteiger partial charge in [0.05, 0.1) is 0 Å². The van der Waals surface area contributed by atoms with Crippen molar-refractivity contribution in [2.75, 3.05) is 0 Å². The summed E-state index contributed by atoms with van der Waals surface area (Å²) >= 11 is 3.71. The smallest absolute Gasteiger partial charge is 0.0201 e. The lowest BCUT2D eigenvalue weighted by atomic mass is 10.0. The van der Waals surface area contributed by atoms with E-state index in [1.807, 2.05) is 0 Å². The topological polar surface area (TPSA) is 0 Å². The second-order valence-electron chi connectivity index (χ2n) is 6.36. The first-order chi connectivity index (χ1) is 8.56. The van der Waals surface area contributed by atoms with Crippen LogP contribution >= 0.6 is 15.9 Å². The van der Waals surface area contributed by atoms with E-state index in [1.165, 1.54) is 83.5 Å². The Kier molecular flexibility index (Phi) is 12.8. The van der Waals surface area contributed by atoms with E-state index in [0.29, 0.717) is 4.32 Å². The first-order valence-electron chi connectivity index (χ1n) is 8.25. The Labute approximate surface area is 124 Å². The van der Waals surface area contributed by atoms with Crippen molar-refractivity contribution in [2.24, 2.45) is 0 Å². The summed E-state index contributed by atoms with van der Waals surface area (Å²) in [5.74, 6) is 0. The lowest BCUT2D eigenvalue weighted by Crippen LogP contribution is -2.07. The maximum absolute atomic E-state index is 3.71. The van der Waals surface area contributed by atoms with Crippen LogP contribution in [0.15, 0.2) is 0 Å². The highest BCUT2D eigenvalue weighted by atomic mass is 79.9. The van der Waals surface area contributed by atoms with Gasteiger partial charge in [0.1, 0.15) is 0 Å². The van der Waals surface area contributed by atoms with Gasteiger partial charge in [0.2, 0.25) is 0 Å². The van der Waals surface area contributed by atoms with Crippen LogP contribution in [0.25, 0.3) is 0 Å². The highest BCUT2D eigenvalue weighted by Gasteiger charge is 2.10. The summed E-state index contributed by atoms with van der Waals surface area (Å²) in [7, 11) is 0. The van der Waals surface area contributed by atoms with Crippen molar-refractivity contribution in [1.82, 2.24) is 0 Å². The minimum Gasteiger partial charge on any atom is -0.0859 e. The van der Waals surface area contributed by atoms with E-state index in [0.717, 1.165) is 0 Å². The Morgan fingerprint density at radius 3 is 1.28 bits per heavy atom. The van der Waals surface area contributed by atoms with Gasteiger partial charge in [-0.25, -0.2) is 0 Å². The standard InChI is InChI=1S/C17H35Br/c1-4-5-6-7-8-9-10-11-12-13-14-15-16-17(2,3)18/h4-16H2,1-3H3. The van der Waals surface area contributed by atoms with Crippen LogP contribution in [0.1, 0.15) is 104 Å². The number of alkyl halides is 1. The fraction of sp³-hybridized carbons (Fsp3) is 1.00. The maximum atomic E-state index is 3.71. The van der Waals surface area contributed by atoms with Crippen LogP contribution in [0.5, 0.6) is 0 Å². The van der Waals surface area contributed by atoms with Crippen LogP contribution in [0.2, 0.25) is 0 Å². The second-order valence-corrected chi connectivity index (χ2v) is 8.50. The zero-order valence-corrected chi connectivity index (χ0v) is 14.7. The number of hydrogen-bond donors (Lipinski definition) is 0. The third-order valence-corrected chi connectivity index (χ3v) is 4.02. The summed E-state index contributed by atoms with van der Waals surface area (Å²) in [6.45, 7) is 6.83. The summed E-state index contributed by atoms with van der Waals surface area (Å²) in [5, 5.41) is 0. The largest absolute Gasteiger partial charge is 0.0859 e. The number of halogens is 1. The predicted molar refractivity (Wildman–Crippen MR) is 88.7 cm³/mol. The molecule has 0 amide bonds. The average Bonchev–Trinajstić information content (AvgIpc) is 2.29. The number of unbranched alkanes of at least 4 members (excludes halogenated alkanes) is 11. The van der Waals surface area contributed by atoms with Crippen LogP contribution in [-0.4, -0.2) is 4.32 Å². The van der Waals surface area contributed by atoms with Crippen LogP contribution in [-0.2, 0) is 0 Å². The van der Waals surface area contributed by atoms with Gasteiger partial charge in [-0.2, -0.15) is 0 Å². The van der Waals surface area contributed by atoms with Gasteiger partial charge in [0.15, 0.2) is 0 Å². The molecule has 0 aromatic carbocycles. The van der Waals surface area contributed by atoms with Gasteiger partial charge in [-0.15, -0.1) is 0 Å². The molecule has 0 aromatic heterocycles. The zero-order valence-electron chi connectivity index (χ0n) is 13.1. The third-order valence-electron chi connectivity index (χ3n) is 3.62. The molecule has 0 saturated heterocycles. The molecule has 0 unspecified atom stereocenters. The van der Waals surface area contributed by atoms with E-state index in [1.54, 1.807) is 0 Å². The number of hydrogen-bond acceptors (Lipinski definition) is 0. The van der Waals surface area contributed by atoms with Crippen LogP contribution in [0.3, 0.4) is 0 Å². The molecule has 0 atom stereocenters. The van der Waals surface area contributed by atoms with Crippen molar-refractivity contribution >= 4 is 15.9 Å². The molecule has 0 fully saturated rings. The molecule has 110 valence electrons. The van der Waals surface area contributed by atoms with Crippen LogP contribution in [0.4, 0.5) is 0 Å². The molecular formula is C17H35Br. The SMILES string of the molecule is CCCCCCCCCCCCCCC(C)(C)Br. The van der Waals surface area contributed by atoms with Gasteiger partial charge >= 0.3 is 0 Å². The molecule has 0 aromatic rings. The number of rotatable bonds is 13. The lowest BCUT2D eigenvalue weighted by molar-refractivity contribution is 0.524. The first-order valence-corrected chi connectivity index (χ1v) is 9.04. The van der Waals surface area contributed by atoms with Gasteiger partial charge in [-0.1, -0.05) is 114 Å². The van der Waals surface area contributed by atoms with Gasteiger partial charge in [-0.3, -0.25) is 0 Å². The Morgan fingerprint density at radius 2 is 0.944 bits per heavy atom. The molecule has 0 aliphatic rings. The lowest BCUT2D eigenvalue weighted by Gasteiger charge is -2.15. The van der Waals surface area contributed by atoms with Crippen molar-refractivity contribution in [1.29, 1.82) is 0 Å². The monoisotopic (exact) mass is 318 g/mol. The molecule has 0 heterocycles. The molecule has 0 spiro atoms. The minimum absolute atomic E-state index is 0.353. The first kappa shape index (κ1) is 18.5. The molecule has 0 aliphatic carbocycles. The molecule has 0 bridgehead atoms. The Bertz CT molecular complexity index is 157. The molecular weight excluding hydrogens is 284 g/mol. The van der Waals surface area contributed by atoms with Crippen molar-refractivity contribution in [3.05, 3.63) is 0 Å². The van der Waals surface area contributed by atoms with E-state index < -0.39 is 0 Å². The van der Waals surface area contributed by atoms with E-state index in [4.69, 9.17) is 0 Å². The van der Waals surface area contributed by atoms with Gasteiger partial charge < -0.3 is 0 Å². The van der Waals surface area contributed by atoms with Crippen molar-refractivity contribution in [2.45, 2.75) is 109 Å². The minimum atomic E-state index is 0.353. The predicted octanol–water partition coefficient (Wildman–Crippen LogP) is 7.25. The highest BCUT2D eigenvalue weighted by Crippen LogP contribution is 2.23. The van der Waals surface area contributed by atoms with E-state index in [2.05, 4.69) is 36.7 Å². The molecule has 0 aliphatic heterocycles. The van der Waals surface area contributed by atoms with E-state index in [9.17, 15) is 0 Å². The van der Waals surface area contributed by atoms with Crippen molar-refractivity contribution in [3.63, 3.8) is 0 Å². The third kappa shape index (κ3) is 16.5.